The van der Waals surface area contributed by atoms with E-state index in [1.54, 1.807) is 13.4 Å². The lowest BCUT2D eigenvalue weighted by molar-refractivity contribution is 0.200. The lowest BCUT2D eigenvalue weighted by atomic mass is 9.96. The van der Waals surface area contributed by atoms with E-state index >= 15 is 0 Å². The molecule has 1 aromatic carbocycles. The van der Waals surface area contributed by atoms with Gasteiger partial charge in [0.25, 0.3) is 0 Å². The van der Waals surface area contributed by atoms with Crippen molar-refractivity contribution in [3.8, 4) is 5.75 Å². The van der Waals surface area contributed by atoms with Crippen molar-refractivity contribution >= 4 is 10.9 Å². The summed E-state index contributed by atoms with van der Waals surface area (Å²) in [5.74, 6) is 2.45. The van der Waals surface area contributed by atoms with Crippen LogP contribution in [0.25, 0.3) is 10.9 Å². The second-order valence-corrected chi connectivity index (χ2v) is 6.56. The van der Waals surface area contributed by atoms with Gasteiger partial charge in [-0.3, -0.25) is 10.00 Å². The van der Waals surface area contributed by atoms with Crippen molar-refractivity contribution in [3.63, 3.8) is 0 Å². The number of nitrogens with zero attached hydrogens (tertiary/aromatic N) is 3. The minimum Gasteiger partial charge on any atom is -0.497 e. The summed E-state index contributed by atoms with van der Waals surface area (Å²) in [6.45, 7) is 5.33. The largest absolute Gasteiger partial charge is 0.497 e. The molecule has 2 aromatic heterocycles. The minimum absolute atomic E-state index is 0.511. The summed E-state index contributed by atoms with van der Waals surface area (Å²) in [5.41, 5.74) is 3.80. The summed E-state index contributed by atoms with van der Waals surface area (Å²) in [5, 5.41) is 8.23. The first-order valence-corrected chi connectivity index (χ1v) is 8.47. The summed E-state index contributed by atoms with van der Waals surface area (Å²) >= 11 is 0. The molecule has 0 aliphatic carbocycles. The third kappa shape index (κ3) is 2.78. The van der Waals surface area contributed by atoms with Crippen LogP contribution >= 0.6 is 0 Å². The number of fused-ring (bicyclic) bond motifs is 1. The van der Waals surface area contributed by atoms with Gasteiger partial charge >= 0.3 is 0 Å². The number of aromatic nitrogens is 4. The van der Waals surface area contributed by atoms with Crippen LogP contribution in [0.3, 0.4) is 0 Å². The Bertz CT molecular complexity index is 815. The van der Waals surface area contributed by atoms with Crippen molar-refractivity contribution in [2.75, 3.05) is 20.2 Å². The monoisotopic (exact) mass is 325 g/mol. The number of likely N-dealkylation sites (tertiary alicyclic amines) is 1. The maximum Gasteiger partial charge on any atom is 0.137 e. The van der Waals surface area contributed by atoms with Crippen LogP contribution in [-0.4, -0.2) is 45.3 Å². The van der Waals surface area contributed by atoms with E-state index < -0.39 is 0 Å². The molecule has 1 aliphatic rings. The molecule has 1 fully saturated rings. The Morgan fingerprint density at radius 3 is 2.83 bits per heavy atom. The Labute approximate surface area is 141 Å². The number of methoxy groups -OCH3 is 1. The van der Waals surface area contributed by atoms with Crippen LogP contribution in [0.1, 0.15) is 35.8 Å². The molecule has 1 aliphatic heterocycles. The molecule has 3 heterocycles. The number of hydrogen-bond acceptors (Lipinski definition) is 4. The molecule has 126 valence electrons. The van der Waals surface area contributed by atoms with Gasteiger partial charge in [0.1, 0.15) is 17.9 Å². The van der Waals surface area contributed by atoms with Gasteiger partial charge in [0.15, 0.2) is 0 Å². The van der Waals surface area contributed by atoms with Gasteiger partial charge in [0.05, 0.1) is 7.11 Å². The molecular weight excluding hydrogens is 302 g/mol. The lowest BCUT2D eigenvalue weighted by Crippen LogP contribution is -2.33. The van der Waals surface area contributed by atoms with Crippen molar-refractivity contribution in [2.45, 2.75) is 32.2 Å². The highest BCUT2D eigenvalue weighted by Crippen LogP contribution is 2.29. The van der Waals surface area contributed by atoms with E-state index in [2.05, 4.69) is 44.1 Å². The number of nitrogens with one attached hydrogen (secondary N) is 2. The summed E-state index contributed by atoms with van der Waals surface area (Å²) in [6, 6.07) is 6.21. The van der Waals surface area contributed by atoms with Crippen molar-refractivity contribution in [1.82, 2.24) is 25.1 Å². The molecule has 0 atom stereocenters. The smallest absolute Gasteiger partial charge is 0.137 e. The molecule has 0 unspecified atom stereocenters. The average Bonchev–Trinajstić information content (AvgIpc) is 3.25. The van der Waals surface area contributed by atoms with Crippen molar-refractivity contribution in [2.24, 2.45) is 0 Å². The summed E-state index contributed by atoms with van der Waals surface area (Å²) in [7, 11) is 1.71. The highest BCUT2D eigenvalue weighted by molar-refractivity contribution is 5.85. The number of piperidine rings is 1. The van der Waals surface area contributed by atoms with Gasteiger partial charge in [0, 0.05) is 29.1 Å². The van der Waals surface area contributed by atoms with E-state index in [1.807, 2.05) is 6.07 Å². The highest BCUT2D eigenvalue weighted by atomic mass is 16.5. The number of rotatable bonds is 4. The molecule has 1 saturated heterocycles. The maximum atomic E-state index is 5.35. The van der Waals surface area contributed by atoms with Gasteiger partial charge in [-0.1, -0.05) is 0 Å². The van der Waals surface area contributed by atoms with Crippen LogP contribution < -0.4 is 4.74 Å². The van der Waals surface area contributed by atoms with Gasteiger partial charge in [-0.15, -0.1) is 0 Å². The topological polar surface area (TPSA) is 69.8 Å². The van der Waals surface area contributed by atoms with E-state index in [-0.39, 0.29) is 0 Å². The maximum absolute atomic E-state index is 5.35. The zero-order valence-electron chi connectivity index (χ0n) is 14.2. The molecule has 4 rings (SSSR count). The molecular formula is C18H23N5O. The molecule has 6 nitrogen and oxygen atoms in total. The van der Waals surface area contributed by atoms with Gasteiger partial charge in [-0.05, 0) is 56.6 Å². The third-order valence-corrected chi connectivity index (χ3v) is 5.16. The fourth-order valence-corrected chi connectivity index (χ4v) is 3.65. The van der Waals surface area contributed by atoms with Crippen LogP contribution in [0, 0.1) is 6.92 Å². The Morgan fingerprint density at radius 2 is 2.12 bits per heavy atom. The van der Waals surface area contributed by atoms with Crippen LogP contribution in [0.5, 0.6) is 5.75 Å². The van der Waals surface area contributed by atoms with Gasteiger partial charge in [0.2, 0.25) is 0 Å². The van der Waals surface area contributed by atoms with Gasteiger partial charge < -0.3 is 9.72 Å². The Hall–Kier alpha value is -2.34. The normalized spacial score (nSPS) is 16.8. The van der Waals surface area contributed by atoms with E-state index in [1.165, 1.54) is 22.2 Å². The van der Waals surface area contributed by atoms with Crippen LogP contribution in [-0.2, 0) is 6.54 Å². The molecule has 0 bridgehead atoms. The average molecular weight is 325 g/mol. The molecule has 2 N–H and O–H groups in total. The van der Waals surface area contributed by atoms with E-state index in [9.17, 15) is 0 Å². The third-order valence-electron chi connectivity index (χ3n) is 5.16. The van der Waals surface area contributed by atoms with Crippen LogP contribution in [0.15, 0.2) is 24.5 Å². The first-order valence-electron chi connectivity index (χ1n) is 8.47. The molecule has 6 heteroatoms. The number of aryl methyl sites for hydroxylation is 1. The van der Waals surface area contributed by atoms with E-state index in [0.717, 1.165) is 44.0 Å². The molecule has 0 amide bonds. The first kappa shape index (κ1) is 15.2. The van der Waals surface area contributed by atoms with Gasteiger partial charge in [-0.2, -0.15) is 5.10 Å². The fourth-order valence-electron chi connectivity index (χ4n) is 3.65. The van der Waals surface area contributed by atoms with Crippen LogP contribution in [0.2, 0.25) is 0 Å². The zero-order valence-corrected chi connectivity index (χ0v) is 14.2. The van der Waals surface area contributed by atoms with Crippen molar-refractivity contribution in [3.05, 3.63) is 41.6 Å². The number of ether oxygens (including phenoxy) is 1. The SMILES string of the molecule is COc1ccc2[nH]c(CN3CCC(c4ncn[nH]4)CC3)c(C)c2c1. The lowest BCUT2D eigenvalue weighted by Gasteiger charge is -2.30. The summed E-state index contributed by atoms with van der Waals surface area (Å²) in [6.07, 6.45) is 3.86. The number of aromatic amines is 2. The van der Waals surface area contributed by atoms with E-state index in [4.69, 9.17) is 4.74 Å². The molecule has 0 saturated carbocycles. The number of benzene rings is 1. The Morgan fingerprint density at radius 1 is 1.29 bits per heavy atom. The molecule has 0 spiro atoms. The zero-order chi connectivity index (χ0) is 16.5. The number of H-pyrrole nitrogens is 2. The highest BCUT2D eigenvalue weighted by Gasteiger charge is 2.23. The molecule has 3 aromatic rings. The molecule has 0 radical (unpaired) electrons. The summed E-state index contributed by atoms with van der Waals surface area (Å²) < 4.78 is 5.35. The summed E-state index contributed by atoms with van der Waals surface area (Å²) in [4.78, 5) is 10.4. The van der Waals surface area contributed by atoms with Gasteiger partial charge in [-0.25, -0.2) is 4.98 Å². The second-order valence-electron chi connectivity index (χ2n) is 6.56. The van der Waals surface area contributed by atoms with Crippen molar-refractivity contribution < 1.29 is 4.74 Å². The van der Waals surface area contributed by atoms with Crippen molar-refractivity contribution in [1.29, 1.82) is 0 Å². The second kappa shape index (κ2) is 6.28. The standard InChI is InChI=1S/C18H23N5O/c1-12-15-9-14(24-2)3-4-16(15)21-17(12)10-23-7-5-13(6-8-23)18-19-11-20-22-18/h3-4,9,11,13,21H,5-8,10H2,1-2H3,(H,19,20,22). The Kier molecular flexibility index (Phi) is 3.98. The Balaban J connectivity index is 1.46. The van der Waals surface area contributed by atoms with E-state index in [0.29, 0.717) is 5.92 Å². The first-order chi connectivity index (χ1) is 11.7. The van der Waals surface area contributed by atoms with Crippen LogP contribution in [0.4, 0.5) is 0 Å². The predicted molar refractivity (Wildman–Crippen MR) is 93.2 cm³/mol. The quantitative estimate of drug-likeness (QED) is 0.774. The number of hydrogen-bond donors (Lipinski definition) is 2. The predicted octanol–water partition coefficient (Wildman–Crippen LogP) is 2.98. The minimum atomic E-state index is 0.511. The molecule has 24 heavy (non-hydrogen) atoms. The fraction of sp³-hybridized carbons (Fsp3) is 0.444.